The Bertz CT molecular complexity index is 814. The first-order valence-corrected chi connectivity index (χ1v) is 7.50. The number of benzene rings is 2. The lowest BCUT2D eigenvalue weighted by Gasteiger charge is -2.11. The van der Waals surface area contributed by atoms with Crippen LogP contribution in [-0.2, 0) is 5.88 Å². The maximum absolute atomic E-state index is 6.33. The van der Waals surface area contributed by atoms with Crippen LogP contribution < -0.4 is 4.74 Å². The Morgan fingerprint density at radius 1 is 1.14 bits per heavy atom. The van der Waals surface area contributed by atoms with Crippen LogP contribution in [0.15, 0.2) is 36.4 Å². The zero-order valence-corrected chi connectivity index (χ0v) is 13.4. The van der Waals surface area contributed by atoms with E-state index in [1.54, 1.807) is 25.3 Å². The molecule has 3 nitrogen and oxygen atoms in total. The first-order valence-electron chi connectivity index (χ1n) is 6.21. The molecule has 3 aromatic rings. The summed E-state index contributed by atoms with van der Waals surface area (Å²) in [5, 5.41) is 1.21. The van der Waals surface area contributed by atoms with Crippen LogP contribution in [0.4, 0.5) is 0 Å². The summed E-state index contributed by atoms with van der Waals surface area (Å²) in [5.41, 5.74) is 2.43. The number of hydrogen-bond donors (Lipinski definition) is 0. The van der Waals surface area contributed by atoms with Crippen LogP contribution >= 0.6 is 34.8 Å². The molecule has 1 aromatic heterocycles. The van der Waals surface area contributed by atoms with E-state index in [9.17, 15) is 0 Å². The summed E-state index contributed by atoms with van der Waals surface area (Å²) >= 11 is 18.5. The molecule has 0 amide bonds. The second-order valence-corrected chi connectivity index (χ2v) is 5.56. The lowest BCUT2D eigenvalue weighted by atomic mass is 10.2. The molecule has 0 spiro atoms. The molecule has 0 N–H and O–H groups in total. The van der Waals surface area contributed by atoms with Gasteiger partial charge in [-0.25, -0.2) is 4.98 Å². The highest BCUT2D eigenvalue weighted by Gasteiger charge is 2.15. The number of halogens is 3. The van der Waals surface area contributed by atoms with E-state index >= 15 is 0 Å². The number of aromatic nitrogens is 2. The minimum atomic E-state index is 0.264. The van der Waals surface area contributed by atoms with Gasteiger partial charge in [-0.3, -0.25) is 4.57 Å². The fourth-order valence-corrected chi connectivity index (χ4v) is 2.80. The fourth-order valence-electron chi connectivity index (χ4n) is 2.25. The molecule has 21 heavy (non-hydrogen) atoms. The van der Waals surface area contributed by atoms with Crippen LogP contribution in [-0.4, -0.2) is 16.7 Å². The fraction of sp³-hybridized carbons (Fsp3) is 0.133. The van der Waals surface area contributed by atoms with Crippen molar-refractivity contribution in [2.75, 3.05) is 7.11 Å². The van der Waals surface area contributed by atoms with Gasteiger partial charge >= 0.3 is 0 Å². The Morgan fingerprint density at radius 3 is 2.67 bits per heavy atom. The topological polar surface area (TPSA) is 27.1 Å². The smallest absolute Gasteiger partial charge is 0.129 e. The molecule has 1 heterocycles. The van der Waals surface area contributed by atoms with Gasteiger partial charge in [0.25, 0.3) is 0 Å². The van der Waals surface area contributed by atoms with Crippen molar-refractivity contribution >= 4 is 45.8 Å². The van der Waals surface area contributed by atoms with E-state index in [0.717, 1.165) is 16.7 Å². The lowest BCUT2D eigenvalue weighted by molar-refractivity contribution is 0.414. The van der Waals surface area contributed by atoms with E-state index in [1.165, 1.54) is 0 Å². The van der Waals surface area contributed by atoms with Crippen molar-refractivity contribution in [2.45, 2.75) is 5.88 Å². The highest BCUT2D eigenvalue weighted by molar-refractivity contribution is 6.32. The van der Waals surface area contributed by atoms with E-state index in [2.05, 4.69) is 4.98 Å². The van der Waals surface area contributed by atoms with Crippen LogP contribution in [0.1, 0.15) is 5.82 Å². The van der Waals surface area contributed by atoms with Gasteiger partial charge in [-0.1, -0.05) is 23.2 Å². The molecule has 2 aromatic carbocycles. The number of rotatable bonds is 3. The normalized spacial score (nSPS) is 11.0. The first kappa shape index (κ1) is 14.5. The molecular formula is C15H11Cl3N2O. The molecule has 0 radical (unpaired) electrons. The number of methoxy groups -OCH3 is 1. The van der Waals surface area contributed by atoms with Crippen LogP contribution in [0.3, 0.4) is 0 Å². The average Bonchev–Trinajstić information content (AvgIpc) is 2.85. The molecule has 108 valence electrons. The number of hydrogen-bond acceptors (Lipinski definition) is 2. The Kier molecular flexibility index (Phi) is 3.98. The Balaban J connectivity index is 2.35. The summed E-state index contributed by atoms with van der Waals surface area (Å²) in [5.74, 6) is 1.67. The van der Waals surface area contributed by atoms with E-state index in [0.29, 0.717) is 21.6 Å². The second-order valence-electron chi connectivity index (χ2n) is 4.45. The van der Waals surface area contributed by atoms with Crippen molar-refractivity contribution < 1.29 is 4.74 Å². The van der Waals surface area contributed by atoms with Crippen molar-refractivity contribution in [3.05, 3.63) is 52.3 Å². The van der Waals surface area contributed by atoms with E-state index in [-0.39, 0.29) is 5.88 Å². The highest BCUT2D eigenvalue weighted by atomic mass is 35.5. The summed E-state index contributed by atoms with van der Waals surface area (Å²) in [4.78, 5) is 4.52. The molecule has 0 aliphatic heterocycles. The molecule has 0 aliphatic carbocycles. The molecule has 0 saturated carbocycles. The molecule has 3 rings (SSSR count). The number of nitrogens with zero attached hydrogens (tertiary/aromatic N) is 2. The number of ether oxygens (including phenoxy) is 1. The molecule has 0 bridgehead atoms. The van der Waals surface area contributed by atoms with Crippen molar-refractivity contribution in [3.63, 3.8) is 0 Å². The quantitative estimate of drug-likeness (QED) is 0.621. The van der Waals surface area contributed by atoms with Crippen LogP contribution in [0.2, 0.25) is 10.0 Å². The summed E-state index contributed by atoms with van der Waals surface area (Å²) in [6.45, 7) is 0. The summed E-state index contributed by atoms with van der Waals surface area (Å²) < 4.78 is 7.17. The standard InChI is InChI=1S/C15H11Cl3N2O/c1-21-10-3-4-11(18)13(7-10)20-14-6-9(17)2-5-12(14)19-15(20)8-16/h2-7H,8H2,1H3. The minimum Gasteiger partial charge on any atom is -0.497 e. The van der Waals surface area contributed by atoms with Gasteiger partial charge in [0.05, 0.1) is 34.7 Å². The molecule has 0 aliphatic rings. The van der Waals surface area contributed by atoms with E-state index in [1.807, 2.05) is 22.8 Å². The predicted molar refractivity (Wildman–Crippen MR) is 87.2 cm³/mol. The van der Waals surface area contributed by atoms with Gasteiger partial charge in [0.1, 0.15) is 11.6 Å². The third-order valence-electron chi connectivity index (χ3n) is 3.20. The SMILES string of the molecule is COc1ccc(Cl)c(-n2c(CCl)nc3ccc(Cl)cc32)c1. The molecular weight excluding hydrogens is 331 g/mol. The molecule has 0 unspecified atom stereocenters. The monoisotopic (exact) mass is 340 g/mol. The average molecular weight is 342 g/mol. The van der Waals surface area contributed by atoms with Gasteiger partial charge in [-0.05, 0) is 30.3 Å². The molecule has 0 saturated heterocycles. The van der Waals surface area contributed by atoms with Crippen LogP contribution in [0.5, 0.6) is 5.75 Å². The summed E-state index contributed by atoms with van der Waals surface area (Å²) in [6, 6.07) is 10.9. The number of alkyl halides is 1. The number of fused-ring (bicyclic) bond motifs is 1. The Hall–Kier alpha value is -1.42. The maximum atomic E-state index is 6.33. The maximum Gasteiger partial charge on any atom is 0.129 e. The first-order chi connectivity index (χ1) is 10.1. The van der Waals surface area contributed by atoms with Gasteiger partial charge in [-0.15, -0.1) is 11.6 Å². The molecule has 6 heteroatoms. The number of imidazole rings is 1. The summed E-state index contributed by atoms with van der Waals surface area (Å²) in [7, 11) is 1.61. The third-order valence-corrected chi connectivity index (χ3v) is 3.99. The third kappa shape index (κ3) is 2.57. The van der Waals surface area contributed by atoms with Crippen molar-refractivity contribution in [2.24, 2.45) is 0 Å². The van der Waals surface area contributed by atoms with E-state index < -0.39 is 0 Å². The Morgan fingerprint density at radius 2 is 1.95 bits per heavy atom. The second kappa shape index (κ2) is 5.76. The molecule has 0 atom stereocenters. The minimum absolute atomic E-state index is 0.264. The van der Waals surface area contributed by atoms with E-state index in [4.69, 9.17) is 39.5 Å². The lowest BCUT2D eigenvalue weighted by Crippen LogP contribution is -2.00. The Labute approximate surface area is 137 Å². The van der Waals surface area contributed by atoms with Gasteiger partial charge in [0.2, 0.25) is 0 Å². The zero-order valence-electron chi connectivity index (χ0n) is 11.1. The van der Waals surface area contributed by atoms with Gasteiger partial charge in [-0.2, -0.15) is 0 Å². The van der Waals surface area contributed by atoms with Gasteiger partial charge < -0.3 is 4.74 Å². The van der Waals surface area contributed by atoms with Crippen LogP contribution in [0.25, 0.3) is 16.7 Å². The van der Waals surface area contributed by atoms with Gasteiger partial charge in [0.15, 0.2) is 0 Å². The van der Waals surface area contributed by atoms with Crippen molar-refractivity contribution in [3.8, 4) is 11.4 Å². The summed E-state index contributed by atoms with van der Waals surface area (Å²) in [6.07, 6.45) is 0. The molecule has 0 fully saturated rings. The zero-order chi connectivity index (χ0) is 15.0. The van der Waals surface area contributed by atoms with Crippen molar-refractivity contribution in [1.82, 2.24) is 9.55 Å². The van der Waals surface area contributed by atoms with Crippen LogP contribution in [0, 0.1) is 0 Å². The van der Waals surface area contributed by atoms with Gasteiger partial charge in [0, 0.05) is 11.1 Å². The van der Waals surface area contributed by atoms with Crippen molar-refractivity contribution in [1.29, 1.82) is 0 Å². The highest BCUT2D eigenvalue weighted by Crippen LogP contribution is 2.31. The predicted octanol–water partition coefficient (Wildman–Crippen LogP) is 5.08. The largest absolute Gasteiger partial charge is 0.497 e.